The van der Waals surface area contributed by atoms with Crippen LogP contribution >= 0.6 is 0 Å². The molecule has 0 radical (unpaired) electrons. The molecule has 0 spiro atoms. The van der Waals surface area contributed by atoms with Gasteiger partial charge in [-0.2, -0.15) is 0 Å². The lowest BCUT2D eigenvalue weighted by molar-refractivity contribution is -0.132. The van der Waals surface area contributed by atoms with Crippen molar-refractivity contribution < 1.29 is 13.3 Å². The Morgan fingerprint density at radius 1 is 1.05 bits per heavy atom. The van der Waals surface area contributed by atoms with Crippen LogP contribution in [-0.2, 0) is 13.3 Å². The van der Waals surface area contributed by atoms with Gasteiger partial charge in [-0.1, -0.05) is 34.3 Å². The van der Waals surface area contributed by atoms with E-state index in [1.54, 1.807) is 6.92 Å². The SMILES string of the molecule is C=C(C)C(=O)O[Si](CC(C)C)(CC(C)C)O[Si](C)(C)C. The van der Waals surface area contributed by atoms with Crippen LogP contribution in [0.25, 0.3) is 0 Å². The molecule has 0 aliphatic carbocycles. The molecule has 118 valence electrons. The zero-order chi connectivity index (χ0) is 16.1. The van der Waals surface area contributed by atoms with Crippen molar-refractivity contribution in [3.8, 4) is 0 Å². The number of hydrogen-bond donors (Lipinski definition) is 0. The summed E-state index contributed by atoms with van der Waals surface area (Å²) < 4.78 is 12.4. The molecule has 0 bridgehead atoms. The van der Waals surface area contributed by atoms with Gasteiger partial charge in [-0.25, -0.2) is 4.79 Å². The largest absolute Gasteiger partial charge is 0.491 e. The molecule has 0 saturated heterocycles. The van der Waals surface area contributed by atoms with Gasteiger partial charge >= 0.3 is 14.5 Å². The Morgan fingerprint density at radius 3 is 1.70 bits per heavy atom. The summed E-state index contributed by atoms with van der Waals surface area (Å²) in [7, 11) is -4.30. The van der Waals surface area contributed by atoms with Crippen molar-refractivity contribution in [2.75, 3.05) is 0 Å². The molecule has 5 heteroatoms. The second kappa shape index (κ2) is 7.57. The van der Waals surface area contributed by atoms with Crippen LogP contribution in [-0.4, -0.2) is 22.8 Å². The summed E-state index contributed by atoms with van der Waals surface area (Å²) in [6, 6.07) is 1.71. The third kappa shape index (κ3) is 8.02. The Balaban J connectivity index is 5.40. The number of carbonyl (C=O) groups is 1. The molecule has 0 aromatic rings. The van der Waals surface area contributed by atoms with Gasteiger partial charge < -0.3 is 8.54 Å². The summed E-state index contributed by atoms with van der Waals surface area (Å²) in [6.45, 7) is 20.5. The van der Waals surface area contributed by atoms with Gasteiger partial charge in [0.25, 0.3) is 0 Å². The van der Waals surface area contributed by atoms with Crippen LogP contribution in [0, 0.1) is 11.8 Å². The molecule has 0 atom stereocenters. The number of hydrogen-bond acceptors (Lipinski definition) is 3. The molecule has 0 rings (SSSR count). The molecule has 0 aliphatic rings. The lowest BCUT2D eigenvalue weighted by Gasteiger charge is -2.38. The molecular formula is C15H32O3Si2. The van der Waals surface area contributed by atoms with E-state index in [1.807, 2.05) is 0 Å². The van der Waals surface area contributed by atoms with Gasteiger partial charge in [0.05, 0.1) is 0 Å². The van der Waals surface area contributed by atoms with E-state index in [0.717, 1.165) is 12.1 Å². The monoisotopic (exact) mass is 316 g/mol. The zero-order valence-corrected chi connectivity index (χ0v) is 16.5. The van der Waals surface area contributed by atoms with Crippen LogP contribution in [0.1, 0.15) is 34.6 Å². The predicted octanol–water partition coefficient (Wildman–Crippen LogP) is 4.71. The van der Waals surface area contributed by atoms with E-state index >= 15 is 0 Å². The fraction of sp³-hybridized carbons (Fsp3) is 0.800. The minimum absolute atomic E-state index is 0.295. The highest BCUT2D eigenvalue weighted by molar-refractivity contribution is 6.83. The number of rotatable bonds is 8. The summed E-state index contributed by atoms with van der Waals surface area (Å²) in [4.78, 5) is 12.1. The Kier molecular flexibility index (Phi) is 7.42. The summed E-state index contributed by atoms with van der Waals surface area (Å²) in [6.07, 6.45) is 0. The average molecular weight is 317 g/mol. The molecule has 0 amide bonds. The molecule has 20 heavy (non-hydrogen) atoms. The molecule has 0 aromatic heterocycles. The van der Waals surface area contributed by atoms with Crippen LogP contribution in [0.2, 0.25) is 31.7 Å². The normalized spacial score (nSPS) is 12.9. The van der Waals surface area contributed by atoms with E-state index < -0.39 is 16.9 Å². The van der Waals surface area contributed by atoms with Crippen molar-refractivity contribution in [3.05, 3.63) is 12.2 Å². The number of carbonyl (C=O) groups excluding carboxylic acids is 1. The molecule has 0 fully saturated rings. The molecule has 0 aliphatic heterocycles. The fourth-order valence-corrected chi connectivity index (χ4v) is 11.0. The first-order valence-corrected chi connectivity index (χ1v) is 13.1. The molecule has 0 unspecified atom stereocenters. The molecule has 0 aromatic carbocycles. The smallest absolute Gasteiger partial charge is 0.392 e. The van der Waals surface area contributed by atoms with Gasteiger partial charge in [-0.15, -0.1) is 0 Å². The van der Waals surface area contributed by atoms with Crippen molar-refractivity contribution in [1.82, 2.24) is 0 Å². The van der Waals surface area contributed by atoms with Crippen LogP contribution < -0.4 is 0 Å². The zero-order valence-electron chi connectivity index (χ0n) is 14.5. The third-order valence-electron chi connectivity index (χ3n) is 2.56. The van der Waals surface area contributed by atoms with Crippen molar-refractivity contribution >= 4 is 22.8 Å². The summed E-state index contributed by atoms with van der Waals surface area (Å²) in [5.74, 6) is 0.612. The second-order valence-corrected chi connectivity index (χ2v) is 15.4. The maximum absolute atomic E-state index is 12.1. The molecule has 3 nitrogen and oxygen atoms in total. The highest BCUT2D eigenvalue weighted by Gasteiger charge is 2.45. The van der Waals surface area contributed by atoms with Crippen molar-refractivity contribution in [2.45, 2.75) is 66.3 Å². The van der Waals surface area contributed by atoms with Gasteiger partial charge in [0.15, 0.2) is 8.32 Å². The van der Waals surface area contributed by atoms with Gasteiger partial charge in [-0.05, 0) is 38.4 Å². The van der Waals surface area contributed by atoms with E-state index in [1.165, 1.54) is 0 Å². The maximum Gasteiger partial charge on any atom is 0.392 e. The van der Waals surface area contributed by atoms with E-state index in [-0.39, 0.29) is 5.97 Å². The lowest BCUT2D eigenvalue weighted by atomic mass is 10.3. The minimum atomic E-state index is -2.53. The molecule has 0 N–H and O–H groups in total. The van der Waals surface area contributed by atoms with Crippen molar-refractivity contribution in [1.29, 1.82) is 0 Å². The topological polar surface area (TPSA) is 35.5 Å². The second-order valence-electron chi connectivity index (χ2n) is 7.49. The Labute approximate surface area is 127 Å². The lowest BCUT2D eigenvalue weighted by Crippen LogP contribution is -2.52. The van der Waals surface area contributed by atoms with Crippen LogP contribution in [0.3, 0.4) is 0 Å². The summed E-state index contributed by atoms with van der Waals surface area (Å²) in [5, 5.41) is 0. The van der Waals surface area contributed by atoms with Crippen LogP contribution in [0.4, 0.5) is 0 Å². The highest BCUT2D eigenvalue weighted by atomic mass is 28.4. The minimum Gasteiger partial charge on any atom is -0.491 e. The van der Waals surface area contributed by atoms with Gasteiger partial charge in [0, 0.05) is 17.7 Å². The van der Waals surface area contributed by atoms with E-state index in [9.17, 15) is 4.79 Å². The molecule has 0 saturated carbocycles. The van der Waals surface area contributed by atoms with E-state index in [0.29, 0.717) is 17.4 Å². The van der Waals surface area contributed by atoms with Gasteiger partial charge in [-0.3, -0.25) is 0 Å². The van der Waals surface area contributed by atoms with Crippen molar-refractivity contribution in [3.63, 3.8) is 0 Å². The fourth-order valence-electron chi connectivity index (χ4n) is 2.33. The highest BCUT2D eigenvalue weighted by Crippen LogP contribution is 2.31. The van der Waals surface area contributed by atoms with Crippen LogP contribution in [0.15, 0.2) is 12.2 Å². The van der Waals surface area contributed by atoms with Gasteiger partial charge in [0.2, 0.25) is 0 Å². The third-order valence-corrected chi connectivity index (χ3v) is 9.93. The summed E-state index contributed by atoms with van der Waals surface area (Å²) in [5.41, 5.74) is 0.452. The van der Waals surface area contributed by atoms with Gasteiger partial charge in [0.1, 0.15) is 0 Å². The summed E-state index contributed by atoms with van der Waals surface area (Å²) >= 11 is 0. The first kappa shape index (κ1) is 19.6. The maximum atomic E-state index is 12.1. The van der Waals surface area contributed by atoms with Crippen LogP contribution in [0.5, 0.6) is 0 Å². The van der Waals surface area contributed by atoms with E-state index in [2.05, 4.69) is 53.9 Å². The first-order valence-electron chi connectivity index (χ1n) is 7.46. The molecular weight excluding hydrogens is 284 g/mol. The standard InChI is InChI=1S/C15H32O3Si2/c1-12(2)10-20(11-13(3)4,18-19(7,8)9)17-15(16)14(5)6/h12-13H,5,10-11H2,1-4,6-9H3. The molecule has 0 heterocycles. The average Bonchev–Trinajstić information content (AvgIpc) is 2.10. The first-order chi connectivity index (χ1) is 8.87. The Bertz CT molecular complexity index is 334. The van der Waals surface area contributed by atoms with Crippen molar-refractivity contribution in [2.24, 2.45) is 11.8 Å². The van der Waals surface area contributed by atoms with E-state index in [4.69, 9.17) is 8.54 Å². The predicted molar refractivity (Wildman–Crippen MR) is 90.4 cm³/mol. The Morgan fingerprint density at radius 2 is 1.45 bits per heavy atom. The Hall–Kier alpha value is -0.396. The quantitative estimate of drug-likeness (QED) is 0.480.